The fourth-order valence-corrected chi connectivity index (χ4v) is 2.03. The molecule has 0 radical (unpaired) electrons. The number of carbonyl (C=O) groups excluding carboxylic acids is 1. The van der Waals surface area contributed by atoms with Gasteiger partial charge < -0.3 is 4.74 Å². The van der Waals surface area contributed by atoms with E-state index < -0.39 is 0 Å². The molecule has 0 aliphatic rings. The van der Waals surface area contributed by atoms with Crippen LogP contribution < -0.4 is 0 Å². The maximum atomic E-state index is 11.5. The Balaban J connectivity index is 2.97. The number of hydrogen-bond donors (Lipinski definition) is 0. The number of thioether (sulfide) groups is 1. The second kappa shape index (κ2) is 6.03. The number of methoxy groups -OCH3 is 1. The van der Waals surface area contributed by atoms with Crippen LogP contribution in [-0.4, -0.2) is 18.8 Å². The van der Waals surface area contributed by atoms with Crippen molar-refractivity contribution in [3.05, 3.63) is 34.3 Å². The first-order valence-electron chi connectivity index (χ1n) is 4.63. The van der Waals surface area contributed by atoms with E-state index in [1.165, 1.54) is 7.11 Å². The van der Waals surface area contributed by atoms with Gasteiger partial charge in [-0.1, -0.05) is 24.6 Å². The Labute approximate surface area is 99.0 Å². The summed E-state index contributed by atoms with van der Waals surface area (Å²) >= 11 is 7.60. The van der Waals surface area contributed by atoms with Gasteiger partial charge in [0.05, 0.1) is 12.7 Å². The predicted molar refractivity (Wildman–Crippen MR) is 64.6 cm³/mol. The van der Waals surface area contributed by atoms with Crippen LogP contribution in [0.15, 0.2) is 18.2 Å². The molecule has 0 saturated carbocycles. The Kier molecular flexibility index (Phi) is 4.99. The number of hydrogen-bond acceptors (Lipinski definition) is 3. The second-order valence-electron chi connectivity index (χ2n) is 2.93. The molecule has 0 fully saturated rings. The molecule has 2 nitrogen and oxygen atoms in total. The van der Waals surface area contributed by atoms with Crippen molar-refractivity contribution in [1.82, 2.24) is 0 Å². The molecule has 0 aliphatic heterocycles. The van der Waals surface area contributed by atoms with Gasteiger partial charge in [0.15, 0.2) is 0 Å². The van der Waals surface area contributed by atoms with Crippen molar-refractivity contribution < 1.29 is 9.53 Å². The average molecular weight is 245 g/mol. The quantitative estimate of drug-likeness (QED) is 0.760. The van der Waals surface area contributed by atoms with Gasteiger partial charge in [-0.15, -0.1) is 0 Å². The lowest BCUT2D eigenvalue weighted by Crippen LogP contribution is -2.05. The lowest BCUT2D eigenvalue weighted by Gasteiger charge is -2.07. The van der Waals surface area contributed by atoms with Crippen LogP contribution in [0.25, 0.3) is 0 Å². The highest BCUT2D eigenvalue weighted by molar-refractivity contribution is 7.98. The van der Waals surface area contributed by atoms with Gasteiger partial charge in [0.1, 0.15) is 0 Å². The molecular weight excluding hydrogens is 232 g/mol. The number of esters is 1. The zero-order valence-electron chi connectivity index (χ0n) is 8.75. The molecule has 1 rings (SSSR count). The Morgan fingerprint density at radius 3 is 2.87 bits per heavy atom. The third kappa shape index (κ3) is 3.43. The molecule has 0 atom stereocenters. The summed E-state index contributed by atoms with van der Waals surface area (Å²) in [5, 5.41) is 0.556. The van der Waals surface area contributed by atoms with Crippen LogP contribution in [0.3, 0.4) is 0 Å². The van der Waals surface area contributed by atoms with Crippen LogP contribution >= 0.6 is 23.4 Å². The van der Waals surface area contributed by atoms with Crippen molar-refractivity contribution in [1.29, 1.82) is 0 Å². The molecule has 0 heterocycles. The van der Waals surface area contributed by atoms with E-state index in [4.69, 9.17) is 16.3 Å². The SMILES string of the molecule is CCSCc1ccc(Cl)cc1C(=O)OC. The van der Waals surface area contributed by atoms with Crippen molar-refractivity contribution in [2.75, 3.05) is 12.9 Å². The minimum absolute atomic E-state index is 0.329. The summed E-state index contributed by atoms with van der Waals surface area (Å²) in [5.41, 5.74) is 1.53. The molecule has 15 heavy (non-hydrogen) atoms. The van der Waals surface area contributed by atoms with Gasteiger partial charge in [0.2, 0.25) is 0 Å². The summed E-state index contributed by atoms with van der Waals surface area (Å²) in [4.78, 5) is 11.5. The van der Waals surface area contributed by atoms with Crippen LogP contribution in [-0.2, 0) is 10.5 Å². The fraction of sp³-hybridized carbons (Fsp3) is 0.364. The highest BCUT2D eigenvalue weighted by Gasteiger charge is 2.11. The Bertz CT molecular complexity index is 352. The fourth-order valence-electron chi connectivity index (χ4n) is 1.19. The summed E-state index contributed by atoms with van der Waals surface area (Å²) in [6.45, 7) is 2.08. The summed E-state index contributed by atoms with van der Waals surface area (Å²) in [6.07, 6.45) is 0. The van der Waals surface area contributed by atoms with E-state index >= 15 is 0 Å². The molecule has 0 amide bonds. The van der Waals surface area contributed by atoms with Crippen molar-refractivity contribution in [3.63, 3.8) is 0 Å². The largest absolute Gasteiger partial charge is 0.465 e. The maximum absolute atomic E-state index is 11.5. The zero-order valence-corrected chi connectivity index (χ0v) is 10.3. The summed E-state index contributed by atoms with van der Waals surface area (Å²) in [5.74, 6) is 1.49. The third-order valence-electron chi connectivity index (χ3n) is 1.94. The van der Waals surface area contributed by atoms with E-state index in [2.05, 4.69) is 6.92 Å². The first-order valence-corrected chi connectivity index (χ1v) is 6.16. The molecule has 4 heteroatoms. The summed E-state index contributed by atoms with van der Waals surface area (Å²) in [7, 11) is 1.37. The molecule has 82 valence electrons. The van der Waals surface area contributed by atoms with Crippen molar-refractivity contribution >= 4 is 29.3 Å². The van der Waals surface area contributed by atoms with Crippen LogP contribution in [0.5, 0.6) is 0 Å². The van der Waals surface area contributed by atoms with Crippen molar-refractivity contribution in [2.24, 2.45) is 0 Å². The van der Waals surface area contributed by atoms with Crippen LogP contribution in [0.2, 0.25) is 5.02 Å². The highest BCUT2D eigenvalue weighted by Crippen LogP contribution is 2.21. The first-order chi connectivity index (χ1) is 7.19. The number of halogens is 1. The number of ether oxygens (including phenoxy) is 1. The van der Waals surface area contributed by atoms with E-state index in [0.29, 0.717) is 10.6 Å². The van der Waals surface area contributed by atoms with E-state index in [1.54, 1.807) is 23.9 Å². The summed E-state index contributed by atoms with van der Waals surface area (Å²) in [6, 6.07) is 5.32. The van der Waals surface area contributed by atoms with E-state index in [1.807, 2.05) is 6.07 Å². The number of benzene rings is 1. The van der Waals surface area contributed by atoms with Gasteiger partial charge in [-0.05, 0) is 23.4 Å². The molecule has 1 aromatic carbocycles. The lowest BCUT2D eigenvalue weighted by atomic mass is 10.1. The zero-order chi connectivity index (χ0) is 11.3. The monoisotopic (exact) mass is 244 g/mol. The van der Waals surface area contributed by atoms with Crippen LogP contribution in [0.1, 0.15) is 22.8 Å². The third-order valence-corrected chi connectivity index (χ3v) is 3.10. The molecule has 0 aliphatic carbocycles. The van der Waals surface area contributed by atoms with Gasteiger partial charge in [0, 0.05) is 10.8 Å². The van der Waals surface area contributed by atoms with Gasteiger partial charge in [0.25, 0.3) is 0 Å². The Morgan fingerprint density at radius 2 is 2.27 bits per heavy atom. The van der Waals surface area contributed by atoms with E-state index in [0.717, 1.165) is 17.1 Å². The predicted octanol–water partition coefficient (Wildman–Crippen LogP) is 3.38. The molecule has 0 unspecified atom stereocenters. The second-order valence-corrected chi connectivity index (χ2v) is 4.64. The molecule has 0 N–H and O–H groups in total. The van der Waals surface area contributed by atoms with Crippen LogP contribution in [0, 0.1) is 0 Å². The maximum Gasteiger partial charge on any atom is 0.338 e. The molecule has 1 aromatic rings. The number of carbonyl (C=O) groups is 1. The average Bonchev–Trinajstić information content (AvgIpc) is 2.26. The smallest absolute Gasteiger partial charge is 0.338 e. The molecule has 0 aromatic heterocycles. The highest BCUT2D eigenvalue weighted by atomic mass is 35.5. The summed E-state index contributed by atoms with van der Waals surface area (Å²) < 4.78 is 4.71. The standard InChI is InChI=1S/C11H13ClO2S/c1-3-15-7-8-4-5-9(12)6-10(8)11(13)14-2/h4-6H,3,7H2,1-2H3. The minimum Gasteiger partial charge on any atom is -0.465 e. The van der Waals surface area contributed by atoms with Gasteiger partial charge >= 0.3 is 5.97 Å². The molecular formula is C11H13ClO2S. The van der Waals surface area contributed by atoms with Gasteiger partial charge in [-0.3, -0.25) is 0 Å². The molecule has 0 bridgehead atoms. The lowest BCUT2D eigenvalue weighted by molar-refractivity contribution is 0.0600. The Hall–Kier alpha value is -0.670. The first kappa shape index (κ1) is 12.4. The van der Waals surface area contributed by atoms with Crippen molar-refractivity contribution in [2.45, 2.75) is 12.7 Å². The van der Waals surface area contributed by atoms with Gasteiger partial charge in [-0.2, -0.15) is 11.8 Å². The number of rotatable bonds is 4. The minimum atomic E-state index is -0.329. The van der Waals surface area contributed by atoms with E-state index in [-0.39, 0.29) is 5.97 Å². The molecule has 0 saturated heterocycles. The van der Waals surface area contributed by atoms with Gasteiger partial charge in [-0.25, -0.2) is 4.79 Å². The normalized spacial score (nSPS) is 10.1. The van der Waals surface area contributed by atoms with Crippen LogP contribution in [0.4, 0.5) is 0 Å². The topological polar surface area (TPSA) is 26.3 Å². The van der Waals surface area contributed by atoms with E-state index in [9.17, 15) is 4.79 Å². The van der Waals surface area contributed by atoms with Crippen molar-refractivity contribution in [3.8, 4) is 0 Å². The Morgan fingerprint density at radius 1 is 1.53 bits per heavy atom. The molecule has 0 spiro atoms.